The van der Waals surface area contributed by atoms with Gasteiger partial charge in [0.1, 0.15) is 0 Å². The summed E-state index contributed by atoms with van der Waals surface area (Å²) in [4.78, 5) is 0. The molecule has 0 amide bonds. The highest BCUT2D eigenvalue weighted by Gasteiger charge is 2.32. The molecule has 0 spiro atoms. The SMILES string of the molecule is Cc1ccc(C[n+]2c(-c3ccccc3)cc(-c3ccccc3)c3c2-c2ccccc2CC3)cc1.[Br-]. The molecule has 0 saturated carbocycles. The fraction of sp³-hybridized carbons (Fsp3) is 0.121. The second-order valence-electron chi connectivity index (χ2n) is 9.23. The zero-order valence-electron chi connectivity index (χ0n) is 19.9. The molecule has 1 aliphatic rings. The molecule has 172 valence electrons. The standard InChI is InChI=1S/C33H28N.BrH/c1-24-16-18-25(19-17-24)23-34-32(28-13-6-3-7-14-28)22-31(26-10-4-2-5-11-26)30-21-20-27-12-8-9-15-29(27)33(30)34;/h2-19,22H,20-21,23H2,1H3;1H/q+1;/p-1. The van der Waals surface area contributed by atoms with Crippen LogP contribution in [0.25, 0.3) is 33.6 Å². The van der Waals surface area contributed by atoms with Crippen LogP contribution in [0.15, 0.2) is 115 Å². The maximum Gasteiger partial charge on any atom is 0.217 e. The van der Waals surface area contributed by atoms with Gasteiger partial charge in [-0.2, -0.15) is 4.57 Å². The first-order chi connectivity index (χ1) is 16.8. The molecule has 1 heterocycles. The van der Waals surface area contributed by atoms with Crippen LogP contribution in [0.5, 0.6) is 0 Å². The number of hydrogen-bond donors (Lipinski definition) is 0. The minimum absolute atomic E-state index is 0. The molecule has 6 rings (SSSR count). The van der Waals surface area contributed by atoms with Crippen molar-refractivity contribution in [2.75, 3.05) is 0 Å². The van der Waals surface area contributed by atoms with Gasteiger partial charge in [-0.1, -0.05) is 96.6 Å². The first-order valence-electron chi connectivity index (χ1n) is 12.1. The van der Waals surface area contributed by atoms with Crippen molar-refractivity contribution in [1.29, 1.82) is 0 Å². The van der Waals surface area contributed by atoms with E-state index in [1.165, 1.54) is 55.9 Å². The number of benzene rings is 4. The molecule has 0 aliphatic heterocycles. The van der Waals surface area contributed by atoms with Crippen LogP contribution in [-0.2, 0) is 19.4 Å². The summed E-state index contributed by atoms with van der Waals surface area (Å²) in [6, 6.07) is 42.1. The summed E-state index contributed by atoms with van der Waals surface area (Å²) in [7, 11) is 0. The average Bonchev–Trinajstić information content (AvgIpc) is 2.90. The van der Waals surface area contributed by atoms with Gasteiger partial charge in [-0.05, 0) is 54.7 Å². The van der Waals surface area contributed by atoms with Gasteiger partial charge in [-0.15, -0.1) is 0 Å². The number of fused-ring (bicyclic) bond motifs is 3. The number of aromatic nitrogens is 1. The molecule has 4 aromatic carbocycles. The molecule has 0 N–H and O–H groups in total. The van der Waals surface area contributed by atoms with E-state index in [0.29, 0.717) is 0 Å². The van der Waals surface area contributed by atoms with Crippen molar-refractivity contribution in [3.63, 3.8) is 0 Å². The number of pyridine rings is 1. The van der Waals surface area contributed by atoms with Crippen LogP contribution in [-0.4, -0.2) is 0 Å². The Bertz CT molecular complexity index is 1460. The van der Waals surface area contributed by atoms with E-state index in [1.807, 2.05) is 0 Å². The van der Waals surface area contributed by atoms with Crippen LogP contribution in [0, 0.1) is 6.92 Å². The summed E-state index contributed by atoms with van der Waals surface area (Å²) in [5.74, 6) is 0. The minimum Gasteiger partial charge on any atom is -1.00 e. The van der Waals surface area contributed by atoms with E-state index in [-0.39, 0.29) is 17.0 Å². The molecule has 1 nitrogen and oxygen atoms in total. The fourth-order valence-corrected chi connectivity index (χ4v) is 5.27. The zero-order chi connectivity index (χ0) is 22.9. The first kappa shape index (κ1) is 23.3. The Morgan fingerprint density at radius 1 is 0.629 bits per heavy atom. The summed E-state index contributed by atoms with van der Waals surface area (Å²) in [5.41, 5.74) is 13.4. The van der Waals surface area contributed by atoms with Gasteiger partial charge in [0.25, 0.3) is 0 Å². The van der Waals surface area contributed by atoms with Crippen molar-refractivity contribution in [3.8, 4) is 33.6 Å². The second-order valence-corrected chi connectivity index (χ2v) is 9.23. The van der Waals surface area contributed by atoms with Crippen LogP contribution >= 0.6 is 0 Å². The minimum atomic E-state index is 0. The van der Waals surface area contributed by atoms with Gasteiger partial charge < -0.3 is 17.0 Å². The molecule has 0 saturated heterocycles. The molecule has 35 heavy (non-hydrogen) atoms. The van der Waals surface area contributed by atoms with Gasteiger partial charge in [0.05, 0.1) is 0 Å². The van der Waals surface area contributed by atoms with Gasteiger partial charge in [0, 0.05) is 28.3 Å². The van der Waals surface area contributed by atoms with Crippen LogP contribution in [0.1, 0.15) is 22.3 Å². The van der Waals surface area contributed by atoms with Crippen LogP contribution < -0.4 is 21.5 Å². The Hall–Kier alpha value is -3.49. The van der Waals surface area contributed by atoms with Gasteiger partial charge in [-0.3, -0.25) is 0 Å². The van der Waals surface area contributed by atoms with Crippen molar-refractivity contribution < 1.29 is 21.5 Å². The smallest absolute Gasteiger partial charge is 0.217 e. The average molecular weight is 518 g/mol. The monoisotopic (exact) mass is 517 g/mol. The van der Waals surface area contributed by atoms with Crippen molar-refractivity contribution in [1.82, 2.24) is 0 Å². The Kier molecular flexibility index (Phi) is 6.66. The van der Waals surface area contributed by atoms with E-state index in [4.69, 9.17) is 0 Å². The molecule has 0 bridgehead atoms. The maximum absolute atomic E-state index is 2.56. The molecule has 0 fully saturated rings. The molecule has 1 aromatic heterocycles. The van der Waals surface area contributed by atoms with Crippen LogP contribution in [0.4, 0.5) is 0 Å². The lowest BCUT2D eigenvalue weighted by Crippen LogP contribution is -3.00. The number of aryl methyl sites for hydroxylation is 2. The van der Waals surface area contributed by atoms with Crippen molar-refractivity contribution in [2.45, 2.75) is 26.3 Å². The Morgan fingerprint density at radius 3 is 1.97 bits per heavy atom. The predicted octanol–water partition coefficient (Wildman–Crippen LogP) is 4.43. The van der Waals surface area contributed by atoms with E-state index >= 15 is 0 Å². The van der Waals surface area contributed by atoms with E-state index in [0.717, 1.165) is 19.4 Å². The number of nitrogens with zero attached hydrogens (tertiary/aromatic N) is 1. The number of hydrogen-bond acceptors (Lipinski definition) is 0. The topological polar surface area (TPSA) is 3.88 Å². The molecular formula is C33H28BrN. The fourth-order valence-electron chi connectivity index (χ4n) is 5.27. The molecule has 0 atom stereocenters. The summed E-state index contributed by atoms with van der Waals surface area (Å²) >= 11 is 0. The first-order valence-corrected chi connectivity index (χ1v) is 12.1. The summed E-state index contributed by atoms with van der Waals surface area (Å²) in [6.45, 7) is 3.00. The van der Waals surface area contributed by atoms with Crippen molar-refractivity contribution in [2.24, 2.45) is 0 Å². The molecule has 0 unspecified atom stereocenters. The quantitative estimate of drug-likeness (QED) is 0.310. The Labute approximate surface area is 218 Å². The lowest BCUT2D eigenvalue weighted by atomic mass is 9.83. The maximum atomic E-state index is 2.56. The molecular weight excluding hydrogens is 490 g/mol. The summed E-state index contributed by atoms with van der Waals surface area (Å²) < 4.78 is 2.56. The lowest BCUT2D eigenvalue weighted by molar-refractivity contribution is -0.667. The highest BCUT2D eigenvalue weighted by Crippen LogP contribution is 2.39. The Balaban J connectivity index is 0.00000253. The van der Waals surface area contributed by atoms with E-state index < -0.39 is 0 Å². The normalized spacial score (nSPS) is 11.8. The van der Waals surface area contributed by atoms with E-state index in [1.54, 1.807) is 0 Å². The summed E-state index contributed by atoms with van der Waals surface area (Å²) in [5, 5.41) is 0. The molecule has 2 heteroatoms. The number of rotatable bonds is 4. The summed E-state index contributed by atoms with van der Waals surface area (Å²) in [6.07, 6.45) is 2.14. The molecule has 5 aromatic rings. The van der Waals surface area contributed by atoms with Crippen molar-refractivity contribution in [3.05, 3.63) is 138 Å². The van der Waals surface area contributed by atoms with Gasteiger partial charge in [0.15, 0.2) is 6.54 Å². The van der Waals surface area contributed by atoms with Gasteiger partial charge >= 0.3 is 0 Å². The highest BCUT2D eigenvalue weighted by molar-refractivity contribution is 5.80. The third kappa shape index (κ3) is 4.47. The van der Waals surface area contributed by atoms with Gasteiger partial charge in [0.2, 0.25) is 11.4 Å². The molecule has 1 aliphatic carbocycles. The third-order valence-electron chi connectivity index (χ3n) is 6.99. The third-order valence-corrected chi connectivity index (χ3v) is 6.99. The highest BCUT2D eigenvalue weighted by atomic mass is 79.9. The van der Waals surface area contributed by atoms with E-state index in [2.05, 4.69) is 127 Å². The van der Waals surface area contributed by atoms with E-state index in [9.17, 15) is 0 Å². The van der Waals surface area contributed by atoms with Gasteiger partial charge in [-0.25, -0.2) is 0 Å². The van der Waals surface area contributed by atoms with Crippen molar-refractivity contribution >= 4 is 0 Å². The Morgan fingerprint density at radius 2 is 1.26 bits per heavy atom. The van der Waals surface area contributed by atoms with Crippen LogP contribution in [0.2, 0.25) is 0 Å². The van der Waals surface area contributed by atoms with Crippen LogP contribution in [0.3, 0.4) is 0 Å². The zero-order valence-corrected chi connectivity index (χ0v) is 21.5. The second kappa shape index (κ2) is 10.0. The molecule has 0 radical (unpaired) electrons. The predicted molar refractivity (Wildman–Crippen MR) is 141 cm³/mol. The number of halogens is 1. The largest absolute Gasteiger partial charge is 1.00 e. The lowest BCUT2D eigenvalue weighted by Gasteiger charge is -2.23.